The number of ether oxygens (including phenoxy) is 2. The van der Waals surface area contributed by atoms with Crippen LogP contribution in [0.2, 0.25) is 0 Å². The molecule has 2 aliphatic heterocycles. The summed E-state index contributed by atoms with van der Waals surface area (Å²) in [6.45, 7) is 3.92. The van der Waals surface area contributed by atoms with Crippen LogP contribution in [-0.4, -0.2) is 66.3 Å². The molecule has 0 N–H and O–H groups in total. The highest BCUT2D eigenvalue weighted by atomic mass is 19.1. The minimum absolute atomic E-state index is 0.0779. The maximum absolute atomic E-state index is 13.1. The van der Waals surface area contributed by atoms with Crippen LogP contribution in [0.1, 0.15) is 23.2 Å². The Bertz CT molecular complexity index is 803. The van der Waals surface area contributed by atoms with Crippen LogP contribution >= 0.6 is 0 Å². The minimum atomic E-state index is -0.344. The number of anilines is 1. The molecule has 1 amide bonds. The largest absolute Gasteiger partial charge is 0.474 e. The average Bonchev–Trinajstić information content (AvgIpc) is 2.75. The van der Waals surface area contributed by atoms with Crippen molar-refractivity contribution in [2.24, 2.45) is 0 Å². The van der Waals surface area contributed by atoms with Gasteiger partial charge in [-0.05, 0) is 24.3 Å². The number of nitrogens with zero attached hydrogens (tertiary/aromatic N) is 4. The van der Waals surface area contributed by atoms with Gasteiger partial charge in [0.05, 0.1) is 13.2 Å². The fourth-order valence-corrected chi connectivity index (χ4v) is 3.45. The molecule has 1 aromatic heterocycles. The molecule has 0 unspecified atom stereocenters. The van der Waals surface area contributed by atoms with Crippen molar-refractivity contribution in [3.8, 4) is 5.88 Å². The molecule has 0 radical (unpaired) electrons. The van der Waals surface area contributed by atoms with Gasteiger partial charge in [-0.2, -0.15) is 0 Å². The van der Waals surface area contributed by atoms with E-state index in [1.165, 1.54) is 30.6 Å². The Morgan fingerprint density at radius 1 is 1.07 bits per heavy atom. The van der Waals surface area contributed by atoms with Gasteiger partial charge in [0.1, 0.15) is 24.1 Å². The van der Waals surface area contributed by atoms with E-state index in [4.69, 9.17) is 9.47 Å². The van der Waals surface area contributed by atoms with Gasteiger partial charge in [-0.3, -0.25) is 4.79 Å². The second kappa shape index (κ2) is 8.52. The molecule has 28 heavy (non-hydrogen) atoms. The highest BCUT2D eigenvalue weighted by molar-refractivity contribution is 5.94. The van der Waals surface area contributed by atoms with Crippen LogP contribution in [0.5, 0.6) is 5.88 Å². The lowest BCUT2D eigenvalue weighted by atomic mass is 10.1. The fraction of sp³-hybridized carbons (Fsp3) is 0.450. The molecule has 3 heterocycles. The van der Waals surface area contributed by atoms with Crippen LogP contribution in [-0.2, 0) is 4.74 Å². The van der Waals surface area contributed by atoms with Gasteiger partial charge in [-0.15, -0.1) is 0 Å². The molecule has 4 rings (SSSR count). The van der Waals surface area contributed by atoms with Gasteiger partial charge in [0.25, 0.3) is 5.91 Å². The molecular formula is C20H23FN4O3. The van der Waals surface area contributed by atoms with E-state index < -0.39 is 0 Å². The molecule has 2 saturated heterocycles. The Morgan fingerprint density at radius 3 is 2.50 bits per heavy atom. The molecule has 8 heteroatoms. The Labute approximate surface area is 163 Å². The zero-order chi connectivity index (χ0) is 19.3. The summed E-state index contributed by atoms with van der Waals surface area (Å²) in [6.07, 6.45) is 3.37. The van der Waals surface area contributed by atoms with E-state index in [0.29, 0.717) is 50.8 Å². The normalized spacial score (nSPS) is 18.2. The zero-order valence-electron chi connectivity index (χ0n) is 15.6. The second-order valence-electron chi connectivity index (χ2n) is 6.93. The van der Waals surface area contributed by atoms with Crippen molar-refractivity contribution in [2.45, 2.75) is 18.9 Å². The van der Waals surface area contributed by atoms with Gasteiger partial charge >= 0.3 is 0 Å². The standard InChI is InChI=1S/C20H23FN4O3/c21-16-3-1-15(2-4-16)20(26)25-9-7-24(8-10-25)18-13-19(23-14-22-18)28-17-5-11-27-12-6-17/h1-4,13-14,17H,5-12H2. The maximum atomic E-state index is 13.1. The highest BCUT2D eigenvalue weighted by Crippen LogP contribution is 2.21. The third-order valence-electron chi connectivity index (χ3n) is 5.07. The third kappa shape index (κ3) is 4.39. The molecule has 0 aliphatic carbocycles. The lowest BCUT2D eigenvalue weighted by Crippen LogP contribution is -2.49. The van der Waals surface area contributed by atoms with Gasteiger partial charge in [0, 0.05) is 50.7 Å². The second-order valence-corrected chi connectivity index (χ2v) is 6.93. The first kappa shape index (κ1) is 18.6. The number of amides is 1. The Kier molecular flexibility index (Phi) is 5.66. The van der Waals surface area contributed by atoms with Crippen molar-refractivity contribution in [1.82, 2.24) is 14.9 Å². The van der Waals surface area contributed by atoms with Gasteiger partial charge in [0.15, 0.2) is 0 Å². The Hall–Kier alpha value is -2.74. The fourth-order valence-electron chi connectivity index (χ4n) is 3.45. The van der Waals surface area contributed by atoms with Gasteiger partial charge in [-0.25, -0.2) is 14.4 Å². The molecule has 2 aromatic rings. The molecule has 0 bridgehead atoms. The summed E-state index contributed by atoms with van der Waals surface area (Å²) in [7, 11) is 0. The minimum Gasteiger partial charge on any atom is -0.474 e. The smallest absolute Gasteiger partial charge is 0.253 e. The molecule has 1 aromatic carbocycles. The summed E-state index contributed by atoms with van der Waals surface area (Å²) in [5.41, 5.74) is 0.504. The van der Waals surface area contributed by atoms with Gasteiger partial charge in [-0.1, -0.05) is 0 Å². The van der Waals surface area contributed by atoms with Crippen LogP contribution < -0.4 is 9.64 Å². The first-order chi connectivity index (χ1) is 13.7. The number of benzene rings is 1. The van der Waals surface area contributed by atoms with Gasteiger partial charge in [0.2, 0.25) is 5.88 Å². The molecule has 0 saturated carbocycles. The summed E-state index contributed by atoms with van der Waals surface area (Å²) in [4.78, 5) is 25.0. The number of halogens is 1. The molecule has 7 nitrogen and oxygen atoms in total. The first-order valence-corrected chi connectivity index (χ1v) is 9.55. The number of piperazine rings is 1. The molecule has 0 spiro atoms. The SMILES string of the molecule is O=C(c1ccc(F)cc1)N1CCN(c2cc(OC3CCOCC3)ncn2)CC1. The van der Waals surface area contributed by atoms with Crippen LogP contribution in [0.25, 0.3) is 0 Å². The quantitative estimate of drug-likeness (QED) is 0.802. The van der Waals surface area contributed by atoms with Crippen LogP contribution in [0, 0.1) is 5.82 Å². The number of aromatic nitrogens is 2. The van der Waals surface area contributed by atoms with Crippen molar-refractivity contribution in [3.63, 3.8) is 0 Å². The highest BCUT2D eigenvalue weighted by Gasteiger charge is 2.24. The number of rotatable bonds is 4. The summed E-state index contributed by atoms with van der Waals surface area (Å²) < 4.78 is 24.4. The molecule has 2 fully saturated rings. The van der Waals surface area contributed by atoms with E-state index >= 15 is 0 Å². The third-order valence-corrected chi connectivity index (χ3v) is 5.07. The summed E-state index contributed by atoms with van der Waals surface area (Å²) in [5, 5.41) is 0. The van der Waals surface area contributed by atoms with E-state index in [2.05, 4.69) is 14.9 Å². The van der Waals surface area contributed by atoms with E-state index in [9.17, 15) is 9.18 Å². The summed E-state index contributed by atoms with van der Waals surface area (Å²) in [5.74, 6) is 0.947. The summed E-state index contributed by atoms with van der Waals surface area (Å²) >= 11 is 0. The topological polar surface area (TPSA) is 67.8 Å². The maximum Gasteiger partial charge on any atom is 0.253 e. The predicted molar refractivity (Wildman–Crippen MR) is 101 cm³/mol. The van der Waals surface area contributed by atoms with Crippen LogP contribution in [0.3, 0.4) is 0 Å². The average molecular weight is 386 g/mol. The molecular weight excluding hydrogens is 363 g/mol. The van der Waals surface area contributed by atoms with Crippen LogP contribution in [0.15, 0.2) is 36.7 Å². The van der Waals surface area contributed by atoms with E-state index in [1.54, 1.807) is 4.90 Å². The molecule has 148 valence electrons. The van der Waals surface area contributed by atoms with Crippen molar-refractivity contribution >= 4 is 11.7 Å². The lowest BCUT2D eigenvalue weighted by Gasteiger charge is -2.35. The van der Waals surface area contributed by atoms with E-state index in [0.717, 1.165) is 18.7 Å². The Morgan fingerprint density at radius 2 is 1.79 bits per heavy atom. The lowest BCUT2D eigenvalue weighted by molar-refractivity contribution is 0.0237. The van der Waals surface area contributed by atoms with Crippen molar-refractivity contribution in [2.75, 3.05) is 44.3 Å². The number of carbonyl (C=O) groups excluding carboxylic acids is 1. The predicted octanol–water partition coefficient (Wildman–Crippen LogP) is 2.14. The Balaban J connectivity index is 1.35. The van der Waals surface area contributed by atoms with Crippen LogP contribution in [0.4, 0.5) is 10.2 Å². The number of carbonyl (C=O) groups is 1. The van der Waals surface area contributed by atoms with Crippen molar-refractivity contribution < 1.29 is 18.7 Å². The van der Waals surface area contributed by atoms with Gasteiger partial charge < -0.3 is 19.3 Å². The van der Waals surface area contributed by atoms with Crippen molar-refractivity contribution in [3.05, 3.63) is 48.0 Å². The molecule has 0 atom stereocenters. The zero-order valence-corrected chi connectivity index (χ0v) is 15.6. The number of hydrogen-bond donors (Lipinski definition) is 0. The first-order valence-electron chi connectivity index (χ1n) is 9.55. The summed E-state index contributed by atoms with van der Waals surface area (Å²) in [6, 6.07) is 7.52. The number of hydrogen-bond acceptors (Lipinski definition) is 6. The van der Waals surface area contributed by atoms with E-state index in [-0.39, 0.29) is 17.8 Å². The molecule has 2 aliphatic rings. The monoisotopic (exact) mass is 386 g/mol. The van der Waals surface area contributed by atoms with Crippen molar-refractivity contribution in [1.29, 1.82) is 0 Å². The van der Waals surface area contributed by atoms with E-state index in [1.807, 2.05) is 6.07 Å².